The Morgan fingerprint density at radius 3 is 2.56 bits per heavy atom. The number of nitrogens with zero attached hydrogens (tertiary/aromatic N) is 2. The number of nitro groups is 1. The first kappa shape index (κ1) is 12.8. The van der Waals surface area contributed by atoms with Crippen molar-refractivity contribution in [3.8, 4) is 0 Å². The maximum Gasteiger partial charge on any atom is 0.290 e. The van der Waals surface area contributed by atoms with Crippen LogP contribution in [0.1, 0.15) is 38.3 Å². The fraction of sp³-hybridized carbons (Fsp3) is 0.615. The summed E-state index contributed by atoms with van der Waals surface area (Å²) in [5.41, 5.74) is 0.548. The minimum Gasteiger partial charge on any atom is -0.367 e. The van der Waals surface area contributed by atoms with Gasteiger partial charge in [0.15, 0.2) is 0 Å². The average molecular weight is 249 g/mol. The molecule has 1 saturated carbocycles. The van der Waals surface area contributed by atoms with Gasteiger partial charge in [-0.1, -0.05) is 6.92 Å². The van der Waals surface area contributed by atoms with E-state index in [1.807, 2.05) is 0 Å². The smallest absolute Gasteiger partial charge is 0.290 e. The van der Waals surface area contributed by atoms with Gasteiger partial charge in [-0.25, -0.2) is 4.98 Å². The van der Waals surface area contributed by atoms with Gasteiger partial charge in [0.05, 0.1) is 4.92 Å². The summed E-state index contributed by atoms with van der Waals surface area (Å²) in [6.45, 7) is 3.96. The predicted octanol–water partition coefficient (Wildman–Crippen LogP) is 3.29. The van der Waals surface area contributed by atoms with Crippen molar-refractivity contribution in [2.24, 2.45) is 5.92 Å². The van der Waals surface area contributed by atoms with Crippen LogP contribution >= 0.6 is 0 Å². The molecular weight excluding hydrogens is 230 g/mol. The molecule has 0 radical (unpaired) electrons. The zero-order valence-electron chi connectivity index (χ0n) is 10.8. The lowest BCUT2D eigenvalue weighted by Crippen LogP contribution is -2.25. The minimum atomic E-state index is -0.394. The number of pyridine rings is 1. The average Bonchev–Trinajstić information content (AvgIpc) is 2.32. The molecule has 5 nitrogen and oxygen atoms in total. The van der Waals surface area contributed by atoms with E-state index in [2.05, 4.69) is 17.2 Å². The molecule has 5 heteroatoms. The summed E-state index contributed by atoms with van der Waals surface area (Å²) < 4.78 is 0. The highest BCUT2D eigenvalue weighted by atomic mass is 16.6. The molecule has 0 bridgehead atoms. The van der Waals surface area contributed by atoms with Crippen molar-refractivity contribution in [2.75, 3.05) is 5.32 Å². The number of anilines is 1. The number of nitrogens with one attached hydrogen (secondary N) is 1. The van der Waals surface area contributed by atoms with Gasteiger partial charge in [0.2, 0.25) is 0 Å². The Labute approximate surface area is 107 Å². The lowest BCUT2D eigenvalue weighted by atomic mass is 9.87. The molecule has 1 aromatic rings. The van der Waals surface area contributed by atoms with Crippen LogP contribution in [0.15, 0.2) is 12.1 Å². The van der Waals surface area contributed by atoms with Gasteiger partial charge in [0.1, 0.15) is 11.5 Å². The SMILES string of the molecule is Cc1nc(NC2CCC(C)CC2)ccc1[N+](=O)[O-]. The monoisotopic (exact) mass is 249 g/mol. The van der Waals surface area contributed by atoms with Gasteiger partial charge in [0.25, 0.3) is 5.69 Å². The number of rotatable bonds is 3. The van der Waals surface area contributed by atoms with E-state index >= 15 is 0 Å². The second-order valence-electron chi connectivity index (χ2n) is 5.16. The molecule has 0 spiro atoms. The Balaban J connectivity index is 2.02. The molecule has 18 heavy (non-hydrogen) atoms. The molecule has 0 unspecified atom stereocenters. The molecule has 0 aromatic carbocycles. The van der Waals surface area contributed by atoms with Crippen LogP contribution in [0.25, 0.3) is 0 Å². The van der Waals surface area contributed by atoms with Gasteiger partial charge < -0.3 is 5.32 Å². The van der Waals surface area contributed by atoms with Gasteiger partial charge in [0, 0.05) is 12.1 Å². The quantitative estimate of drug-likeness (QED) is 0.659. The minimum absolute atomic E-state index is 0.0813. The zero-order chi connectivity index (χ0) is 13.1. The molecule has 1 N–H and O–H groups in total. The van der Waals surface area contributed by atoms with Crippen LogP contribution in [0.4, 0.5) is 11.5 Å². The number of hydrogen-bond donors (Lipinski definition) is 1. The summed E-state index contributed by atoms with van der Waals surface area (Å²) in [5, 5.41) is 14.1. The summed E-state index contributed by atoms with van der Waals surface area (Å²) in [6.07, 6.45) is 4.78. The van der Waals surface area contributed by atoms with Crippen LogP contribution in [0, 0.1) is 23.0 Å². The van der Waals surface area contributed by atoms with Gasteiger partial charge in [-0.15, -0.1) is 0 Å². The fourth-order valence-electron chi connectivity index (χ4n) is 2.44. The third kappa shape index (κ3) is 2.97. The summed E-state index contributed by atoms with van der Waals surface area (Å²) in [5.74, 6) is 1.56. The number of hydrogen-bond acceptors (Lipinski definition) is 4. The van der Waals surface area contributed by atoms with Crippen LogP contribution in [-0.4, -0.2) is 15.9 Å². The van der Waals surface area contributed by atoms with Crippen LogP contribution in [0.3, 0.4) is 0 Å². The van der Waals surface area contributed by atoms with E-state index in [4.69, 9.17) is 0 Å². The maximum absolute atomic E-state index is 10.7. The van der Waals surface area contributed by atoms with Crippen molar-refractivity contribution in [3.63, 3.8) is 0 Å². The van der Waals surface area contributed by atoms with Gasteiger partial charge in [-0.2, -0.15) is 0 Å². The highest BCUT2D eigenvalue weighted by molar-refractivity contribution is 5.45. The van der Waals surface area contributed by atoms with Crippen molar-refractivity contribution in [2.45, 2.75) is 45.6 Å². The first-order chi connectivity index (χ1) is 8.56. The summed E-state index contributed by atoms with van der Waals surface area (Å²) >= 11 is 0. The second kappa shape index (κ2) is 5.33. The van der Waals surface area contributed by atoms with Crippen molar-refractivity contribution >= 4 is 11.5 Å². The van der Waals surface area contributed by atoms with E-state index in [1.165, 1.54) is 18.9 Å². The first-order valence-electron chi connectivity index (χ1n) is 6.45. The van der Waals surface area contributed by atoms with Crippen LogP contribution in [-0.2, 0) is 0 Å². The molecule has 2 rings (SSSR count). The van der Waals surface area contributed by atoms with Crippen molar-refractivity contribution in [1.82, 2.24) is 4.98 Å². The van der Waals surface area contributed by atoms with Crippen molar-refractivity contribution < 1.29 is 4.92 Å². The predicted molar refractivity (Wildman–Crippen MR) is 70.7 cm³/mol. The van der Waals surface area contributed by atoms with E-state index in [0.29, 0.717) is 11.7 Å². The Morgan fingerprint density at radius 2 is 2.00 bits per heavy atom. The summed E-state index contributed by atoms with van der Waals surface area (Å²) in [6, 6.07) is 3.67. The van der Waals surface area contributed by atoms with E-state index in [9.17, 15) is 10.1 Å². The Hall–Kier alpha value is -1.65. The Kier molecular flexibility index (Phi) is 3.79. The highest BCUT2D eigenvalue weighted by Gasteiger charge is 2.19. The van der Waals surface area contributed by atoms with Crippen LogP contribution < -0.4 is 5.32 Å². The number of aromatic nitrogens is 1. The molecule has 0 atom stereocenters. The van der Waals surface area contributed by atoms with E-state index < -0.39 is 4.92 Å². The maximum atomic E-state index is 10.7. The van der Waals surface area contributed by atoms with E-state index in [1.54, 1.807) is 13.0 Å². The molecule has 0 aliphatic heterocycles. The second-order valence-corrected chi connectivity index (χ2v) is 5.16. The standard InChI is InChI=1S/C13H19N3O2/c1-9-3-5-11(6-4-9)15-13-8-7-12(16(17)18)10(2)14-13/h7-9,11H,3-6H2,1-2H3,(H,14,15). The molecule has 98 valence electrons. The zero-order valence-corrected chi connectivity index (χ0v) is 10.8. The Morgan fingerprint density at radius 1 is 1.33 bits per heavy atom. The van der Waals surface area contributed by atoms with E-state index in [-0.39, 0.29) is 5.69 Å². The normalized spacial score (nSPS) is 23.7. The lowest BCUT2D eigenvalue weighted by molar-refractivity contribution is -0.385. The van der Waals surface area contributed by atoms with Gasteiger partial charge in [-0.3, -0.25) is 10.1 Å². The molecule has 1 aliphatic carbocycles. The molecule has 1 aromatic heterocycles. The molecule has 0 saturated heterocycles. The van der Waals surface area contributed by atoms with Crippen molar-refractivity contribution in [3.05, 3.63) is 27.9 Å². The van der Waals surface area contributed by atoms with E-state index in [0.717, 1.165) is 24.6 Å². The van der Waals surface area contributed by atoms with Crippen LogP contribution in [0.2, 0.25) is 0 Å². The molecule has 1 heterocycles. The third-order valence-corrected chi connectivity index (χ3v) is 3.62. The summed E-state index contributed by atoms with van der Waals surface area (Å²) in [4.78, 5) is 14.6. The third-order valence-electron chi connectivity index (χ3n) is 3.62. The highest BCUT2D eigenvalue weighted by Crippen LogP contribution is 2.26. The molecule has 0 amide bonds. The van der Waals surface area contributed by atoms with Gasteiger partial charge >= 0.3 is 0 Å². The Bertz CT molecular complexity index is 440. The largest absolute Gasteiger partial charge is 0.367 e. The molecule has 1 aliphatic rings. The number of aryl methyl sites for hydroxylation is 1. The fourth-order valence-corrected chi connectivity index (χ4v) is 2.44. The van der Waals surface area contributed by atoms with Gasteiger partial charge in [-0.05, 0) is 44.6 Å². The lowest BCUT2D eigenvalue weighted by Gasteiger charge is -2.27. The molecular formula is C13H19N3O2. The van der Waals surface area contributed by atoms with Crippen molar-refractivity contribution in [1.29, 1.82) is 0 Å². The van der Waals surface area contributed by atoms with Crippen LogP contribution in [0.5, 0.6) is 0 Å². The molecule has 1 fully saturated rings. The summed E-state index contributed by atoms with van der Waals surface area (Å²) in [7, 11) is 0. The first-order valence-corrected chi connectivity index (χ1v) is 6.45. The topological polar surface area (TPSA) is 68.1 Å².